The fourth-order valence-corrected chi connectivity index (χ4v) is 1.42. The normalized spacial score (nSPS) is 12.4. The molecule has 2 amide bonds. The van der Waals surface area contributed by atoms with Gasteiger partial charge >= 0.3 is 6.36 Å². The maximum atomic E-state index is 12.0. The average molecular weight is 319 g/mol. The summed E-state index contributed by atoms with van der Waals surface area (Å²) in [4.78, 5) is 22.8. The van der Waals surface area contributed by atoms with Gasteiger partial charge < -0.3 is 15.4 Å². The lowest BCUT2D eigenvalue weighted by molar-refractivity contribution is -0.274. The van der Waals surface area contributed by atoms with Crippen LogP contribution in [0, 0.1) is 0 Å². The van der Waals surface area contributed by atoms with Crippen LogP contribution < -0.4 is 20.7 Å². The number of carbonyl (C=O) groups excluding carboxylic acids is 2. The summed E-state index contributed by atoms with van der Waals surface area (Å²) in [6.45, 7) is 1.53. The molecule has 0 aliphatic heterocycles. The zero-order chi connectivity index (χ0) is 16.8. The van der Waals surface area contributed by atoms with Gasteiger partial charge in [-0.15, -0.1) is 13.2 Å². The van der Waals surface area contributed by atoms with Crippen molar-refractivity contribution in [3.8, 4) is 5.75 Å². The summed E-state index contributed by atoms with van der Waals surface area (Å²) in [6.07, 6.45) is -4.76. The number of ether oxygens (including phenoxy) is 1. The van der Waals surface area contributed by atoms with E-state index in [1.54, 1.807) is 6.92 Å². The molecule has 0 saturated heterocycles. The van der Waals surface area contributed by atoms with Crippen molar-refractivity contribution in [1.82, 2.24) is 10.6 Å². The largest absolute Gasteiger partial charge is 0.573 e. The van der Waals surface area contributed by atoms with Crippen molar-refractivity contribution in [2.75, 3.05) is 18.9 Å². The standard InChI is InChI=1S/C13H16F3N3O3/c1-8(18-7-11(20)17-2)12(21)19-9-3-5-10(6-4-9)22-13(14,15)16/h3-6,8,18H,7H2,1-2H3,(H,17,20)(H,19,21)/t8-/m0/s1. The highest BCUT2D eigenvalue weighted by Gasteiger charge is 2.30. The lowest BCUT2D eigenvalue weighted by atomic mass is 10.2. The van der Waals surface area contributed by atoms with Crippen LogP contribution in [-0.2, 0) is 9.59 Å². The molecular formula is C13H16F3N3O3. The second-order valence-electron chi connectivity index (χ2n) is 4.34. The van der Waals surface area contributed by atoms with E-state index in [0.717, 1.165) is 12.1 Å². The summed E-state index contributed by atoms with van der Waals surface area (Å²) in [5.41, 5.74) is 0.313. The fraction of sp³-hybridized carbons (Fsp3) is 0.385. The van der Waals surface area contributed by atoms with Crippen LogP contribution in [0.3, 0.4) is 0 Å². The molecule has 0 aliphatic rings. The van der Waals surface area contributed by atoms with Crippen LogP contribution in [-0.4, -0.2) is 37.8 Å². The van der Waals surface area contributed by atoms with Gasteiger partial charge in [0.1, 0.15) is 5.75 Å². The highest BCUT2D eigenvalue weighted by Crippen LogP contribution is 2.23. The van der Waals surface area contributed by atoms with E-state index < -0.39 is 18.3 Å². The Balaban J connectivity index is 2.52. The van der Waals surface area contributed by atoms with Crippen LogP contribution in [0.5, 0.6) is 5.75 Å². The van der Waals surface area contributed by atoms with E-state index in [0.29, 0.717) is 5.69 Å². The van der Waals surface area contributed by atoms with E-state index in [-0.39, 0.29) is 18.2 Å². The van der Waals surface area contributed by atoms with E-state index in [2.05, 4.69) is 20.7 Å². The second kappa shape index (κ2) is 7.64. The SMILES string of the molecule is CNC(=O)CN[C@@H](C)C(=O)Nc1ccc(OC(F)(F)F)cc1. The molecule has 0 heterocycles. The smallest absolute Gasteiger partial charge is 0.406 e. The van der Waals surface area contributed by atoms with Gasteiger partial charge in [0, 0.05) is 12.7 Å². The number of nitrogens with one attached hydrogen (secondary N) is 3. The molecule has 0 saturated carbocycles. The topological polar surface area (TPSA) is 79.5 Å². The van der Waals surface area contributed by atoms with E-state index in [9.17, 15) is 22.8 Å². The highest BCUT2D eigenvalue weighted by atomic mass is 19.4. The first kappa shape index (κ1) is 17.8. The van der Waals surface area contributed by atoms with Gasteiger partial charge in [0.25, 0.3) is 0 Å². The molecule has 0 bridgehead atoms. The summed E-state index contributed by atoms with van der Waals surface area (Å²) < 4.78 is 39.7. The predicted molar refractivity (Wildman–Crippen MR) is 73.3 cm³/mol. The number of rotatable bonds is 6. The quantitative estimate of drug-likeness (QED) is 0.737. The molecule has 0 unspecified atom stereocenters. The van der Waals surface area contributed by atoms with Crippen LogP contribution in [0.25, 0.3) is 0 Å². The molecular weight excluding hydrogens is 303 g/mol. The van der Waals surface area contributed by atoms with Gasteiger partial charge in [-0.05, 0) is 31.2 Å². The number of amides is 2. The van der Waals surface area contributed by atoms with Crippen LogP contribution in [0.2, 0.25) is 0 Å². The van der Waals surface area contributed by atoms with Crippen molar-refractivity contribution in [3.63, 3.8) is 0 Å². The molecule has 0 radical (unpaired) electrons. The number of halogens is 3. The number of hydrogen-bond acceptors (Lipinski definition) is 4. The monoisotopic (exact) mass is 319 g/mol. The Labute approximate surface area is 125 Å². The molecule has 1 aromatic carbocycles. The fourth-order valence-electron chi connectivity index (χ4n) is 1.42. The predicted octanol–water partition coefficient (Wildman–Crippen LogP) is 1.25. The van der Waals surface area contributed by atoms with Crippen molar-refractivity contribution in [2.45, 2.75) is 19.3 Å². The van der Waals surface area contributed by atoms with Crippen LogP contribution in [0.15, 0.2) is 24.3 Å². The molecule has 0 spiro atoms. The number of anilines is 1. The lowest BCUT2D eigenvalue weighted by Crippen LogP contribution is -2.42. The van der Waals surface area contributed by atoms with Crippen molar-refractivity contribution in [1.29, 1.82) is 0 Å². The summed E-state index contributed by atoms with van der Waals surface area (Å²) in [5.74, 6) is -1.07. The van der Waals surface area contributed by atoms with Gasteiger partial charge in [-0.1, -0.05) is 0 Å². The van der Waals surface area contributed by atoms with E-state index in [1.165, 1.54) is 19.2 Å². The van der Waals surface area contributed by atoms with E-state index >= 15 is 0 Å². The zero-order valence-electron chi connectivity index (χ0n) is 12.0. The molecule has 9 heteroatoms. The van der Waals surface area contributed by atoms with Gasteiger partial charge in [-0.25, -0.2) is 0 Å². The first-order valence-electron chi connectivity index (χ1n) is 6.32. The third kappa shape index (κ3) is 6.44. The number of likely N-dealkylation sites (N-methyl/N-ethyl adjacent to an activating group) is 1. The number of alkyl halides is 3. The van der Waals surface area contributed by atoms with E-state index in [1.807, 2.05) is 0 Å². The van der Waals surface area contributed by atoms with Crippen molar-refractivity contribution in [3.05, 3.63) is 24.3 Å². The molecule has 1 rings (SSSR count). The molecule has 122 valence electrons. The van der Waals surface area contributed by atoms with Crippen molar-refractivity contribution < 1.29 is 27.5 Å². The Morgan fingerprint density at radius 3 is 2.32 bits per heavy atom. The van der Waals surface area contributed by atoms with Crippen molar-refractivity contribution >= 4 is 17.5 Å². The first-order chi connectivity index (χ1) is 10.2. The molecule has 6 nitrogen and oxygen atoms in total. The third-order valence-electron chi connectivity index (χ3n) is 2.60. The Morgan fingerprint density at radius 1 is 1.23 bits per heavy atom. The minimum absolute atomic E-state index is 0.0244. The minimum atomic E-state index is -4.76. The molecule has 0 aliphatic carbocycles. The first-order valence-corrected chi connectivity index (χ1v) is 6.32. The van der Waals surface area contributed by atoms with Crippen LogP contribution >= 0.6 is 0 Å². The zero-order valence-corrected chi connectivity index (χ0v) is 12.0. The third-order valence-corrected chi connectivity index (χ3v) is 2.60. The van der Waals surface area contributed by atoms with Gasteiger partial charge in [0.15, 0.2) is 0 Å². The molecule has 0 aromatic heterocycles. The number of benzene rings is 1. The van der Waals surface area contributed by atoms with Gasteiger partial charge in [0.2, 0.25) is 11.8 Å². The molecule has 22 heavy (non-hydrogen) atoms. The Hall–Kier alpha value is -2.29. The summed E-state index contributed by atoms with van der Waals surface area (Å²) >= 11 is 0. The number of hydrogen-bond donors (Lipinski definition) is 3. The second-order valence-corrected chi connectivity index (χ2v) is 4.34. The Kier molecular flexibility index (Phi) is 6.17. The highest BCUT2D eigenvalue weighted by molar-refractivity contribution is 5.94. The maximum absolute atomic E-state index is 12.0. The molecule has 3 N–H and O–H groups in total. The minimum Gasteiger partial charge on any atom is -0.406 e. The summed E-state index contributed by atoms with van der Waals surface area (Å²) in [7, 11) is 1.47. The molecule has 1 atom stereocenters. The van der Waals surface area contributed by atoms with Gasteiger partial charge in [-0.2, -0.15) is 0 Å². The summed E-state index contributed by atoms with van der Waals surface area (Å²) in [5, 5.41) is 7.60. The Bertz CT molecular complexity index is 518. The van der Waals surface area contributed by atoms with Gasteiger partial charge in [0.05, 0.1) is 12.6 Å². The van der Waals surface area contributed by atoms with Crippen molar-refractivity contribution in [2.24, 2.45) is 0 Å². The van der Waals surface area contributed by atoms with Crippen LogP contribution in [0.4, 0.5) is 18.9 Å². The van der Waals surface area contributed by atoms with Crippen LogP contribution in [0.1, 0.15) is 6.92 Å². The average Bonchev–Trinajstić information content (AvgIpc) is 2.44. The molecule has 1 aromatic rings. The summed E-state index contributed by atoms with van der Waals surface area (Å²) in [6, 6.07) is 4.09. The lowest BCUT2D eigenvalue weighted by Gasteiger charge is -2.14. The number of carbonyl (C=O) groups is 2. The molecule has 0 fully saturated rings. The Morgan fingerprint density at radius 2 is 1.82 bits per heavy atom. The van der Waals surface area contributed by atoms with Gasteiger partial charge in [-0.3, -0.25) is 14.9 Å². The maximum Gasteiger partial charge on any atom is 0.573 e. The van der Waals surface area contributed by atoms with E-state index in [4.69, 9.17) is 0 Å².